The number of hydrogen-bond acceptors (Lipinski definition) is 2. The summed E-state index contributed by atoms with van der Waals surface area (Å²) in [6.07, 6.45) is 2.88. The molecule has 0 N–H and O–H groups in total. The van der Waals surface area contributed by atoms with Crippen molar-refractivity contribution < 1.29 is 0 Å². The Morgan fingerprint density at radius 1 is 1.62 bits per heavy atom. The van der Waals surface area contributed by atoms with Gasteiger partial charge in [0, 0.05) is 11.8 Å². The van der Waals surface area contributed by atoms with Crippen molar-refractivity contribution in [3.63, 3.8) is 0 Å². The maximum absolute atomic E-state index is 2.30. The zero-order chi connectivity index (χ0) is 5.98. The largest absolute Gasteiger partial charge is 0.254 e. The smallest absolute Gasteiger partial charge is 0.0195 e. The predicted molar refractivity (Wildman–Crippen MR) is 38.9 cm³/mol. The first-order valence-corrected chi connectivity index (χ1v) is 4.04. The third kappa shape index (κ3) is 2.05. The first-order chi connectivity index (χ1) is 3.83. The Balaban J connectivity index is 1.98. The average molecular weight is 131 g/mol. The topological polar surface area (TPSA) is 3.24 Å². The molecular formula is C6H13NS. The summed E-state index contributed by atoms with van der Waals surface area (Å²) in [5.41, 5.74) is 0. The second-order valence-corrected chi connectivity index (χ2v) is 3.75. The van der Waals surface area contributed by atoms with E-state index in [0.717, 1.165) is 5.25 Å². The lowest BCUT2D eigenvalue weighted by molar-refractivity contribution is 0.601. The maximum atomic E-state index is 2.30. The fourth-order valence-electron chi connectivity index (χ4n) is 0.502. The van der Waals surface area contributed by atoms with Gasteiger partial charge in [-0.2, -0.15) is 0 Å². The summed E-state index contributed by atoms with van der Waals surface area (Å²) in [5, 5.41) is 0.972. The fraction of sp³-hybridized carbons (Fsp3) is 1.00. The molecule has 0 heterocycles. The average Bonchev–Trinajstić information content (AvgIpc) is 2.50. The van der Waals surface area contributed by atoms with Crippen LogP contribution in [-0.4, -0.2) is 23.1 Å². The number of nitrogens with zero attached hydrogens (tertiary/aromatic N) is 1. The van der Waals surface area contributed by atoms with Crippen LogP contribution in [0, 0.1) is 0 Å². The Hall–Kier alpha value is 0.310. The van der Waals surface area contributed by atoms with Crippen molar-refractivity contribution in [3.05, 3.63) is 0 Å². The van der Waals surface area contributed by atoms with E-state index in [1.165, 1.54) is 19.4 Å². The van der Waals surface area contributed by atoms with Crippen LogP contribution in [0.5, 0.6) is 0 Å². The van der Waals surface area contributed by atoms with Crippen LogP contribution in [0.15, 0.2) is 0 Å². The summed E-state index contributed by atoms with van der Waals surface area (Å²) in [7, 11) is 2.16. The first-order valence-electron chi connectivity index (χ1n) is 3.21. The molecule has 0 aromatic rings. The van der Waals surface area contributed by atoms with Crippen LogP contribution in [0.25, 0.3) is 0 Å². The van der Waals surface area contributed by atoms with Gasteiger partial charge in [0.2, 0.25) is 0 Å². The maximum Gasteiger partial charge on any atom is 0.0195 e. The van der Waals surface area contributed by atoms with E-state index in [1.54, 1.807) is 0 Å². The van der Waals surface area contributed by atoms with Gasteiger partial charge in [0.1, 0.15) is 0 Å². The van der Waals surface area contributed by atoms with Crippen molar-refractivity contribution in [2.24, 2.45) is 0 Å². The number of rotatable bonds is 3. The predicted octanol–water partition coefficient (Wildman–Crippen LogP) is 1.75. The molecule has 1 aliphatic carbocycles. The van der Waals surface area contributed by atoms with Crippen molar-refractivity contribution in [3.8, 4) is 0 Å². The quantitative estimate of drug-likeness (QED) is 0.537. The van der Waals surface area contributed by atoms with Crippen LogP contribution >= 0.6 is 11.9 Å². The van der Waals surface area contributed by atoms with Crippen molar-refractivity contribution in [2.45, 2.75) is 25.0 Å². The van der Waals surface area contributed by atoms with Crippen molar-refractivity contribution in [1.82, 2.24) is 4.31 Å². The van der Waals surface area contributed by atoms with E-state index in [9.17, 15) is 0 Å². The molecule has 0 atom stereocenters. The second-order valence-electron chi connectivity index (χ2n) is 2.25. The fourth-order valence-corrected chi connectivity index (χ4v) is 1.51. The zero-order valence-corrected chi connectivity index (χ0v) is 6.37. The van der Waals surface area contributed by atoms with Gasteiger partial charge in [-0.3, -0.25) is 4.31 Å². The molecule has 0 saturated heterocycles. The first kappa shape index (κ1) is 6.43. The molecule has 1 aliphatic rings. The van der Waals surface area contributed by atoms with Gasteiger partial charge in [-0.1, -0.05) is 18.9 Å². The van der Waals surface area contributed by atoms with E-state index >= 15 is 0 Å². The van der Waals surface area contributed by atoms with E-state index in [0.29, 0.717) is 0 Å². The van der Waals surface area contributed by atoms with Gasteiger partial charge in [0.05, 0.1) is 0 Å². The molecule has 8 heavy (non-hydrogen) atoms. The molecule has 1 fully saturated rings. The number of hydrogen-bond donors (Lipinski definition) is 0. The molecule has 1 rings (SSSR count). The zero-order valence-electron chi connectivity index (χ0n) is 5.55. The van der Waals surface area contributed by atoms with Crippen LogP contribution in [0.4, 0.5) is 0 Å². The van der Waals surface area contributed by atoms with Gasteiger partial charge < -0.3 is 0 Å². The van der Waals surface area contributed by atoms with E-state index in [2.05, 4.69) is 18.3 Å². The lowest BCUT2D eigenvalue weighted by atomic mass is 10.8. The van der Waals surface area contributed by atoms with Gasteiger partial charge in [-0.15, -0.1) is 0 Å². The lowest BCUT2D eigenvalue weighted by Crippen LogP contribution is -2.07. The van der Waals surface area contributed by atoms with Gasteiger partial charge >= 0.3 is 0 Å². The molecule has 0 bridgehead atoms. The minimum Gasteiger partial charge on any atom is -0.254 e. The standard InChI is InChI=1S/C6H13NS/c1-3-7(2)8-6-4-5-6/h6H,3-5H2,1-2H3. The minimum absolute atomic E-state index is 0.972. The third-order valence-electron chi connectivity index (χ3n) is 1.30. The van der Waals surface area contributed by atoms with E-state index in [1.807, 2.05) is 11.9 Å². The van der Waals surface area contributed by atoms with Crippen LogP contribution in [0.1, 0.15) is 19.8 Å². The lowest BCUT2D eigenvalue weighted by Gasteiger charge is -2.10. The summed E-state index contributed by atoms with van der Waals surface area (Å²) >= 11 is 2.00. The Morgan fingerprint density at radius 3 is 2.62 bits per heavy atom. The van der Waals surface area contributed by atoms with Crippen LogP contribution < -0.4 is 0 Å². The Morgan fingerprint density at radius 2 is 2.25 bits per heavy atom. The third-order valence-corrected chi connectivity index (χ3v) is 2.69. The molecule has 0 aromatic carbocycles. The molecule has 1 saturated carbocycles. The molecule has 0 unspecified atom stereocenters. The van der Waals surface area contributed by atoms with Crippen molar-refractivity contribution >= 4 is 11.9 Å². The van der Waals surface area contributed by atoms with Gasteiger partial charge in [-0.05, 0) is 19.9 Å². The van der Waals surface area contributed by atoms with Gasteiger partial charge in [-0.25, -0.2) is 0 Å². The van der Waals surface area contributed by atoms with E-state index in [4.69, 9.17) is 0 Å². The highest BCUT2D eigenvalue weighted by atomic mass is 32.2. The highest BCUT2D eigenvalue weighted by molar-refractivity contribution is 7.97. The summed E-state index contributed by atoms with van der Waals surface area (Å²) in [6.45, 7) is 3.36. The summed E-state index contributed by atoms with van der Waals surface area (Å²) < 4.78 is 2.30. The molecule has 0 radical (unpaired) electrons. The molecule has 1 nitrogen and oxygen atoms in total. The molecule has 0 aliphatic heterocycles. The summed E-state index contributed by atoms with van der Waals surface area (Å²) in [5.74, 6) is 0. The van der Waals surface area contributed by atoms with E-state index < -0.39 is 0 Å². The van der Waals surface area contributed by atoms with Gasteiger partial charge in [0.25, 0.3) is 0 Å². The molecule has 0 spiro atoms. The Kier molecular flexibility index (Phi) is 2.20. The monoisotopic (exact) mass is 131 g/mol. The summed E-state index contributed by atoms with van der Waals surface area (Å²) in [6, 6.07) is 0. The summed E-state index contributed by atoms with van der Waals surface area (Å²) in [4.78, 5) is 0. The van der Waals surface area contributed by atoms with Crippen LogP contribution in [0.3, 0.4) is 0 Å². The molecule has 0 amide bonds. The van der Waals surface area contributed by atoms with Gasteiger partial charge in [0.15, 0.2) is 0 Å². The van der Waals surface area contributed by atoms with Crippen molar-refractivity contribution in [1.29, 1.82) is 0 Å². The van der Waals surface area contributed by atoms with E-state index in [-0.39, 0.29) is 0 Å². The van der Waals surface area contributed by atoms with Crippen LogP contribution in [0.2, 0.25) is 0 Å². The molecule has 0 aromatic heterocycles. The highest BCUT2D eigenvalue weighted by Crippen LogP contribution is 2.35. The normalized spacial score (nSPS) is 19.9. The highest BCUT2D eigenvalue weighted by Gasteiger charge is 2.23. The molecule has 48 valence electrons. The van der Waals surface area contributed by atoms with Crippen molar-refractivity contribution in [2.75, 3.05) is 13.6 Å². The second kappa shape index (κ2) is 2.74. The molecule has 2 heteroatoms. The SMILES string of the molecule is CCN(C)SC1CC1. The molecular weight excluding hydrogens is 118 g/mol. The minimum atomic E-state index is 0.972. The van der Waals surface area contributed by atoms with Crippen LogP contribution in [-0.2, 0) is 0 Å². The Labute approximate surface area is 55.6 Å². The Bertz CT molecular complexity index is 70.9.